The van der Waals surface area contributed by atoms with Crippen molar-refractivity contribution in [3.63, 3.8) is 0 Å². The summed E-state index contributed by atoms with van der Waals surface area (Å²) >= 11 is 0. The van der Waals surface area contributed by atoms with Crippen molar-refractivity contribution in [1.82, 2.24) is 0 Å². The fraction of sp³-hybridized carbons (Fsp3) is 0.783. The summed E-state index contributed by atoms with van der Waals surface area (Å²) in [5.74, 6) is -0.504. The molecule has 28 heavy (non-hydrogen) atoms. The number of fused-ring (bicyclic) bond motifs is 5. The van der Waals surface area contributed by atoms with E-state index in [9.17, 15) is 15.0 Å². The standard InChI is InChI=1S/C23H32O5/c1-11-9-22-12(2)7-15-16(20(15,3)4)14(18(22)25)8-13-10-27-21(5,6)28-19(13)23(22,26)17(11)24/h8-9,12,14-17,19,24,26H,7,10H2,1-6H3/t12-,14+,15+,16-,17+,19-,22-,23-/m1/s1. The third kappa shape index (κ3) is 1.95. The maximum Gasteiger partial charge on any atom is 0.164 e. The van der Waals surface area contributed by atoms with E-state index in [-0.39, 0.29) is 29.0 Å². The summed E-state index contributed by atoms with van der Waals surface area (Å²) in [5.41, 5.74) is -1.29. The number of allylic oxidation sites excluding steroid dienone is 1. The molecule has 8 atom stereocenters. The summed E-state index contributed by atoms with van der Waals surface area (Å²) < 4.78 is 12.1. The summed E-state index contributed by atoms with van der Waals surface area (Å²) in [4.78, 5) is 14.1. The summed E-state index contributed by atoms with van der Waals surface area (Å²) in [5, 5.41) is 23.4. The Kier molecular flexibility index (Phi) is 3.51. The van der Waals surface area contributed by atoms with Crippen molar-refractivity contribution in [2.45, 2.75) is 71.6 Å². The molecule has 154 valence electrons. The monoisotopic (exact) mass is 388 g/mol. The van der Waals surface area contributed by atoms with Crippen molar-refractivity contribution in [1.29, 1.82) is 0 Å². The molecular formula is C23H32O5. The van der Waals surface area contributed by atoms with Crippen molar-refractivity contribution in [2.24, 2.45) is 34.5 Å². The van der Waals surface area contributed by atoms with Crippen LogP contribution in [0.2, 0.25) is 0 Å². The van der Waals surface area contributed by atoms with Crippen LogP contribution in [0.3, 0.4) is 0 Å². The number of ketones is 1. The molecule has 1 heterocycles. The number of aliphatic hydroxyl groups excluding tert-OH is 1. The molecular weight excluding hydrogens is 356 g/mol. The number of Topliss-reactive ketones (excluding diaryl/α,β-unsaturated/α-hetero) is 1. The lowest BCUT2D eigenvalue weighted by atomic mass is 9.59. The van der Waals surface area contributed by atoms with Gasteiger partial charge in [-0.1, -0.05) is 32.9 Å². The second kappa shape index (κ2) is 5.18. The van der Waals surface area contributed by atoms with Crippen molar-refractivity contribution in [3.8, 4) is 0 Å². The van der Waals surface area contributed by atoms with E-state index in [1.54, 1.807) is 0 Å². The van der Waals surface area contributed by atoms with Gasteiger partial charge in [0.15, 0.2) is 11.6 Å². The van der Waals surface area contributed by atoms with Gasteiger partial charge in [0.2, 0.25) is 0 Å². The average Bonchev–Trinajstić information content (AvgIpc) is 3.10. The Morgan fingerprint density at radius 2 is 1.89 bits per heavy atom. The molecule has 4 aliphatic carbocycles. The van der Waals surface area contributed by atoms with Crippen LogP contribution in [-0.2, 0) is 14.3 Å². The molecule has 1 spiro atoms. The van der Waals surface area contributed by atoms with Gasteiger partial charge in [-0.05, 0) is 61.5 Å². The summed E-state index contributed by atoms with van der Waals surface area (Å²) in [6.07, 6.45) is 2.85. The zero-order valence-corrected chi connectivity index (χ0v) is 17.7. The molecule has 0 aromatic rings. The molecule has 1 saturated heterocycles. The molecule has 5 rings (SSSR count). The minimum Gasteiger partial charge on any atom is -0.386 e. The normalized spacial score (nSPS) is 53.1. The maximum absolute atomic E-state index is 14.1. The van der Waals surface area contributed by atoms with Gasteiger partial charge in [-0.3, -0.25) is 4.79 Å². The van der Waals surface area contributed by atoms with E-state index in [0.717, 1.165) is 12.0 Å². The number of hydrogen-bond donors (Lipinski definition) is 2. The number of carbonyl (C=O) groups excluding carboxylic acids is 1. The van der Waals surface area contributed by atoms with E-state index in [0.29, 0.717) is 18.1 Å². The van der Waals surface area contributed by atoms with Gasteiger partial charge in [-0.15, -0.1) is 0 Å². The van der Waals surface area contributed by atoms with Crippen LogP contribution in [-0.4, -0.2) is 46.2 Å². The molecule has 3 fully saturated rings. The van der Waals surface area contributed by atoms with Crippen LogP contribution in [0.15, 0.2) is 23.3 Å². The highest BCUT2D eigenvalue weighted by atomic mass is 16.7. The molecule has 2 bridgehead atoms. The van der Waals surface area contributed by atoms with Crippen LogP contribution in [0.5, 0.6) is 0 Å². The Morgan fingerprint density at radius 1 is 1.21 bits per heavy atom. The zero-order chi connectivity index (χ0) is 20.4. The molecule has 0 aromatic carbocycles. The van der Waals surface area contributed by atoms with Gasteiger partial charge in [-0.25, -0.2) is 0 Å². The molecule has 0 unspecified atom stereocenters. The van der Waals surface area contributed by atoms with Gasteiger partial charge >= 0.3 is 0 Å². The maximum atomic E-state index is 14.1. The summed E-state index contributed by atoms with van der Waals surface area (Å²) in [6.45, 7) is 12.3. The Bertz CT molecular complexity index is 823. The Morgan fingerprint density at radius 3 is 2.57 bits per heavy atom. The van der Waals surface area contributed by atoms with Gasteiger partial charge in [0, 0.05) is 5.92 Å². The second-order valence-electron chi connectivity index (χ2n) is 10.9. The Hall–Kier alpha value is -1.01. The van der Waals surface area contributed by atoms with E-state index in [1.165, 1.54) is 0 Å². The van der Waals surface area contributed by atoms with E-state index < -0.39 is 29.0 Å². The second-order valence-corrected chi connectivity index (χ2v) is 10.9. The van der Waals surface area contributed by atoms with Gasteiger partial charge < -0.3 is 19.7 Å². The highest BCUT2D eigenvalue weighted by Gasteiger charge is 2.76. The zero-order valence-electron chi connectivity index (χ0n) is 17.7. The van der Waals surface area contributed by atoms with Crippen LogP contribution < -0.4 is 0 Å². The lowest BCUT2D eigenvalue weighted by Gasteiger charge is -2.52. The molecule has 0 amide bonds. The van der Waals surface area contributed by atoms with Crippen LogP contribution in [0.25, 0.3) is 0 Å². The number of hydrogen-bond acceptors (Lipinski definition) is 5. The molecule has 1 aliphatic heterocycles. The predicted octanol–water partition coefficient (Wildman–Crippen LogP) is 2.61. The number of carbonyl (C=O) groups is 1. The lowest BCUT2D eigenvalue weighted by molar-refractivity contribution is -0.303. The number of aliphatic hydroxyl groups is 2. The Balaban J connectivity index is 1.77. The fourth-order valence-electron chi connectivity index (χ4n) is 7.14. The lowest BCUT2D eigenvalue weighted by Crippen LogP contribution is -2.67. The molecule has 0 radical (unpaired) electrons. The van der Waals surface area contributed by atoms with E-state index >= 15 is 0 Å². The molecule has 5 heteroatoms. The third-order valence-electron chi connectivity index (χ3n) is 8.71. The van der Waals surface area contributed by atoms with Gasteiger partial charge in [-0.2, -0.15) is 0 Å². The molecule has 5 nitrogen and oxygen atoms in total. The fourth-order valence-corrected chi connectivity index (χ4v) is 7.14. The third-order valence-corrected chi connectivity index (χ3v) is 8.71. The Labute approximate surface area is 166 Å². The average molecular weight is 389 g/mol. The highest BCUT2D eigenvalue weighted by molar-refractivity contribution is 5.95. The summed E-state index contributed by atoms with van der Waals surface area (Å²) in [6, 6.07) is 0. The first-order chi connectivity index (χ1) is 12.9. The quantitative estimate of drug-likeness (QED) is 0.624. The highest BCUT2D eigenvalue weighted by Crippen LogP contribution is 2.72. The molecule has 2 saturated carbocycles. The predicted molar refractivity (Wildman–Crippen MR) is 103 cm³/mol. The SMILES string of the molecule is CC1=C[C@@]23C(=O)[C@@H](C=C4COC(C)(C)O[C@H]4[C@]2(O)[C@H]1O)[C@@H]1[C@H](C[C@H]3C)C1(C)C. The van der Waals surface area contributed by atoms with E-state index in [1.807, 2.05) is 32.9 Å². The van der Waals surface area contributed by atoms with Crippen LogP contribution in [0, 0.1) is 34.5 Å². The largest absolute Gasteiger partial charge is 0.386 e. The number of rotatable bonds is 0. The van der Waals surface area contributed by atoms with Crippen LogP contribution in [0.1, 0.15) is 48.0 Å². The minimum absolute atomic E-state index is 0.0415. The minimum atomic E-state index is -1.71. The van der Waals surface area contributed by atoms with Crippen molar-refractivity contribution < 1.29 is 24.5 Å². The molecule has 0 aromatic heterocycles. The smallest absolute Gasteiger partial charge is 0.164 e. The first-order valence-electron chi connectivity index (χ1n) is 10.5. The molecule has 5 aliphatic rings. The van der Waals surface area contributed by atoms with Gasteiger partial charge in [0.1, 0.15) is 17.8 Å². The van der Waals surface area contributed by atoms with E-state index in [4.69, 9.17) is 9.47 Å². The van der Waals surface area contributed by atoms with E-state index in [2.05, 4.69) is 20.8 Å². The van der Waals surface area contributed by atoms with Crippen molar-refractivity contribution in [3.05, 3.63) is 23.3 Å². The first kappa shape index (κ1) is 19.0. The number of ether oxygens (including phenoxy) is 2. The summed E-state index contributed by atoms with van der Waals surface area (Å²) in [7, 11) is 0. The van der Waals surface area contributed by atoms with Gasteiger partial charge in [0.05, 0.1) is 12.0 Å². The van der Waals surface area contributed by atoms with Crippen LogP contribution >= 0.6 is 0 Å². The van der Waals surface area contributed by atoms with Crippen LogP contribution in [0.4, 0.5) is 0 Å². The molecule has 2 N–H and O–H groups in total. The topological polar surface area (TPSA) is 76.0 Å². The first-order valence-corrected chi connectivity index (χ1v) is 10.5. The van der Waals surface area contributed by atoms with Crippen molar-refractivity contribution in [2.75, 3.05) is 6.61 Å². The van der Waals surface area contributed by atoms with Gasteiger partial charge in [0.25, 0.3) is 0 Å². The van der Waals surface area contributed by atoms with Crippen molar-refractivity contribution >= 4 is 5.78 Å².